The van der Waals surface area contributed by atoms with Crippen LogP contribution in [0.5, 0.6) is 0 Å². The Morgan fingerprint density at radius 2 is 2.06 bits per heavy atom. The number of hydrogen-bond acceptors (Lipinski definition) is 4. The van der Waals surface area contributed by atoms with Crippen LogP contribution in [0.15, 0.2) is 29.2 Å². The van der Waals surface area contributed by atoms with Crippen molar-refractivity contribution in [2.24, 2.45) is 0 Å². The average Bonchev–Trinajstić information content (AvgIpc) is 2.64. The van der Waals surface area contributed by atoms with Gasteiger partial charge < -0.3 is 10.1 Å². The van der Waals surface area contributed by atoms with Gasteiger partial charge in [0, 0.05) is 12.9 Å². The van der Waals surface area contributed by atoms with Crippen LogP contribution in [0, 0.1) is 0 Å². The molecule has 2 rings (SSSR count). The molecule has 0 spiro atoms. The lowest BCUT2D eigenvalue weighted by Crippen LogP contribution is -2.27. The Morgan fingerprint density at radius 1 is 1.35 bits per heavy atom. The van der Waals surface area contributed by atoms with Crippen LogP contribution >= 0.6 is 0 Å². The van der Waals surface area contributed by atoms with Crippen LogP contribution in [0.25, 0.3) is 0 Å². The first-order valence-electron chi connectivity index (χ1n) is 5.66. The second-order valence-corrected chi connectivity index (χ2v) is 6.37. The highest BCUT2D eigenvalue weighted by Crippen LogP contribution is 2.24. The van der Waals surface area contributed by atoms with Crippen molar-refractivity contribution in [3.63, 3.8) is 0 Å². The number of benzene rings is 1. The van der Waals surface area contributed by atoms with Crippen LogP contribution in [0.2, 0.25) is 0 Å². The number of ether oxygens (including phenoxy) is 1. The summed E-state index contributed by atoms with van der Waals surface area (Å²) in [4.78, 5) is 0.346. The maximum absolute atomic E-state index is 11.6. The molecule has 94 valence electrons. The molecule has 0 saturated carbocycles. The Morgan fingerprint density at radius 3 is 2.65 bits per heavy atom. The molecule has 1 aliphatic heterocycles. The molecule has 0 radical (unpaired) electrons. The molecule has 1 N–H and O–H groups in total. The van der Waals surface area contributed by atoms with Gasteiger partial charge in [0.2, 0.25) is 0 Å². The summed E-state index contributed by atoms with van der Waals surface area (Å²) in [6.07, 6.45) is 2.24. The highest BCUT2D eigenvalue weighted by Gasteiger charge is 2.25. The van der Waals surface area contributed by atoms with Crippen molar-refractivity contribution < 1.29 is 13.2 Å². The van der Waals surface area contributed by atoms with Crippen molar-refractivity contribution >= 4 is 15.5 Å². The van der Waals surface area contributed by atoms with Crippen LogP contribution in [0.4, 0.5) is 5.69 Å². The van der Waals surface area contributed by atoms with E-state index in [0.717, 1.165) is 13.0 Å². The van der Waals surface area contributed by atoms with E-state index in [1.165, 1.54) is 6.26 Å². The lowest BCUT2D eigenvalue weighted by Gasteiger charge is -2.19. The Hall–Kier alpha value is -1.07. The molecule has 1 aromatic rings. The molecule has 1 aromatic carbocycles. The minimum absolute atomic E-state index is 0.114. The summed E-state index contributed by atoms with van der Waals surface area (Å²) >= 11 is 0. The summed E-state index contributed by atoms with van der Waals surface area (Å²) < 4.78 is 28.7. The van der Waals surface area contributed by atoms with Gasteiger partial charge in [-0.3, -0.25) is 0 Å². The van der Waals surface area contributed by atoms with Gasteiger partial charge in [-0.2, -0.15) is 0 Å². The predicted octanol–water partition coefficient (Wildman–Crippen LogP) is 1.68. The fourth-order valence-corrected chi connectivity index (χ4v) is 2.88. The van der Waals surface area contributed by atoms with Crippen molar-refractivity contribution in [1.82, 2.24) is 0 Å². The normalized spacial score (nSPS) is 24.8. The highest BCUT2D eigenvalue weighted by molar-refractivity contribution is 7.90. The second kappa shape index (κ2) is 4.66. The number of nitrogens with one attached hydrogen (secondary N) is 1. The number of sulfone groups is 1. The van der Waals surface area contributed by atoms with Gasteiger partial charge in [0.05, 0.1) is 22.7 Å². The van der Waals surface area contributed by atoms with Gasteiger partial charge in [-0.25, -0.2) is 8.42 Å². The molecule has 0 aromatic heterocycles. The molecule has 5 heteroatoms. The smallest absolute Gasteiger partial charge is 0.177 e. The third kappa shape index (κ3) is 2.79. The maximum Gasteiger partial charge on any atom is 0.177 e. The van der Waals surface area contributed by atoms with Gasteiger partial charge in [-0.05, 0) is 25.5 Å². The van der Waals surface area contributed by atoms with Crippen LogP contribution in [-0.2, 0) is 14.6 Å². The van der Waals surface area contributed by atoms with E-state index in [2.05, 4.69) is 5.32 Å². The van der Waals surface area contributed by atoms with Gasteiger partial charge in [-0.15, -0.1) is 0 Å². The lowest BCUT2D eigenvalue weighted by molar-refractivity contribution is 0.121. The van der Waals surface area contributed by atoms with Gasteiger partial charge in [0.1, 0.15) is 0 Å². The Kier molecular flexibility index (Phi) is 3.40. The lowest BCUT2D eigenvalue weighted by atomic mass is 10.1. The Bertz CT molecular complexity index is 498. The molecule has 1 heterocycles. The second-order valence-electron chi connectivity index (χ2n) is 4.38. The summed E-state index contributed by atoms with van der Waals surface area (Å²) in [5, 5.41) is 3.26. The molecule has 4 nitrogen and oxygen atoms in total. The van der Waals surface area contributed by atoms with Gasteiger partial charge in [-0.1, -0.05) is 12.1 Å². The van der Waals surface area contributed by atoms with E-state index in [4.69, 9.17) is 4.74 Å². The van der Waals surface area contributed by atoms with Crippen LogP contribution in [0.1, 0.15) is 13.3 Å². The van der Waals surface area contributed by atoms with E-state index in [-0.39, 0.29) is 12.1 Å². The van der Waals surface area contributed by atoms with E-state index < -0.39 is 9.84 Å². The third-order valence-corrected chi connectivity index (χ3v) is 4.16. The summed E-state index contributed by atoms with van der Waals surface area (Å²) in [6, 6.07) is 7.16. The minimum atomic E-state index is -3.20. The summed E-state index contributed by atoms with van der Waals surface area (Å²) in [5.41, 5.74) is 0.664. The van der Waals surface area contributed by atoms with E-state index in [1.54, 1.807) is 18.2 Å². The summed E-state index contributed by atoms with van der Waals surface area (Å²) in [5.74, 6) is 0. The van der Waals surface area contributed by atoms with Crippen molar-refractivity contribution in [3.05, 3.63) is 24.3 Å². The molecule has 0 bridgehead atoms. The van der Waals surface area contributed by atoms with E-state index >= 15 is 0 Å². The molecule has 0 aliphatic carbocycles. The van der Waals surface area contributed by atoms with Crippen molar-refractivity contribution in [3.8, 4) is 0 Å². The largest absolute Gasteiger partial charge is 0.379 e. The molecule has 1 aliphatic rings. The third-order valence-electron chi connectivity index (χ3n) is 3.00. The molecule has 1 fully saturated rings. The number of hydrogen-bond donors (Lipinski definition) is 1. The van der Waals surface area contributed by atoms with Crippen molar-refractivity contribution in [2.45, 2.75) is 30.4 Å². The quantitative estimate of drug-likeness (QED) is 0.893. The molecule has 2 unspecified atom stereocenters. The zero-order valence-corrected chi connectivity index (χ0v) is 10.8. The number of anilines is 1. The maximum atomic E-state index is 11.6. The Labute approximate surface area is 102 Å². The van der Waals surface area contributed by atoms with Crippen LogP contribution in [-0.4, -0.2) is 33.4 Å². The zero-order chi connectivity index (χ0) is 12.5. The Balaban J connectivity index is 2.27. The van der Waals surface area contributed by atoms with E-state index in [0.29, 0.717) is 10.6 Å². The summed E-state index contributed by atoms with van der Waals surface area (Å²) in [6.45, 7) is 2.72. The van der Waals surface area contributed by atoms with Gasteiger partial charge in [0.25, 0.3) is 0 Å². The standard InChI is InChI=1S/C12H17NO3S/c1-9-10(7-8-16-9)13-11-5-3-4-6-12(11)17(2,14)15/h3-6,9-10,13H,7-8H2,1-2H3. The first-order valence-corrected chi connectivity index (χ1v) is 7.55. The fourth-order valence-electron chi connectivity index (χ4n) is 2.03. The van der Waals surface area contributed by atoms with Crippen molar-refractivity contribution in [1.29, 1.82) is 0 Å². The average molecular weight is 255 g/mol. The fraction of sp³-hybridized carbons (Fsp3) is 0.500. The molecule has 0 amide bonds. The molecule has 1 saturated heterocycles. The molecule has 17 heavy (non-hydrogen) atoms. The number of rotatable bonds is 3. The minimum Gasteiger partial charge on any atom is -0.379 e. The van der Waals surface area contributed by atoms with Gasteiger partial charge in [0.15, 0.2) is 9.84 Å². The number of para-hydroxylation sites is 1. The molecular weight excluding hydrogens is 238 g/mol. The van der Waals surface area contributed by atoms with E-state index in [1.807, 2.05) is 13.0 Å². The molecule has 2 atom stereocenters. The topological polar surface area (TPSA) is 55.4 Å². The highest BCUT2D eigenvalue weighted by atomic mass is 32.2. The summed E-state index contributed by atoms with van der Waals surface area (Å²) in [7, 11) is -3.20. The predicted molar refractivity (Wildman–Crippen MR) is 67.0 cm³/mol. The van der Waals surface area contributed by atoms with E-state index in [9.17, 15) is 8.42 Å². The molecular formula is C12H17NO3S. The zero-order valence-electron chi connectivity index (χ0n) is 10.0. The van der Waals surface area contributed by atoms with Crippen molar-refractivity contribution in [2.75, 3.05) is 18.2 Å². The monoisotopic (exact) mass is 255 g/mol. The van der Waals surface area contributed by atoms with Gasteiger partial charge >= 0.3 is 0 Å². The van der Waals surface area contributed by atoms with Crippen LogP contribution < -0.4 is 5.32 Å². The SMILES string of the molecule is CC1OCCC1Nc1ccccc1S(C)(=O)=O. The first-order chi connectivity index (χ1) is 7.98. The van der Waals surface area contributed by atoms with Crippen LogP contribution in [0.3, 0.4) is 0 Å². The first kappa shape index (κ1) is 12.4.